The van der Waals surface area contributed by atoms with Crippen molar-refractivity contribution in [1.82, 2.24) is 5.32 Å². The van der Waals surface area contributed by atoms with E-state index in [-0.39, 0.29) is 11.3 Å². The molecule has 1 aromatic rings. The first kappa shape index (κ1) is 14.1. The zero-order valence-corrected chi connectivity index (χ0v) is 12.4. The van der Waals surface area contributed by atoms with E-state index in [0.29, 0.717) is 5.92 Å². The van der Waals surface area contributed by atoms with Gasteiger partial charge in [0.15, 0.2) is 0 Å². The summed E-state index contributed by atoms with van der Waals surface area (Å²) < 4.78 is 0. The van der Waals surface area contributed by atoms with E-state index in [0.717, 1.165) is 30.8 Å². The molecule has 104 valence electrons. The third-order valence-electron chi connectivity index (χ3n) is 4.50. The van der Waals surface area contributed by atoms with Gasteiger partial charge in [-0.2, -0.15) is 0 Å². The Hall–Kier alpha value is -1.35. The highest BCUT2D eigenvalue weighted by Crippen LogP contribution is 2.37. The number of hydrogen-bond acceptors (Lipinski definition) is 2. The SMILES string of the molecule is Cc1ccccc1N(C)C(=O)C1(C(C)C)CCNC1. The number of benzene rings is 1. The quantitative estimate of drug-likeness (QED) is 0.906. The molecule has 1 aliphatic heterocycles. The molecule has 0 radical (unpaired) electrons. The van der Waals surface area contributed by atoms with Gasteiger partial charge in [-0.1, -0.05) is 32.0 Å². The lowest BCUT2D eigenvalue weighted by Crippen LogP contribution is -2.47. The van der Waals surface area contributed by atoms with Crippen LogP contribution in [0, 0.1) is 18.3 Å². The van der Waals surface area contributed by atoms with Gasteiger partial charge in [0.1, 0.15) is 0 Å². The number of anilines is 1. The van der Waals surface area contributed by atoms with Gasteiger partial charge in [0.05, 0.1) is 5.41 Å². The molecule has 1 amide bonds. The summed E-state index contributed by atoms with van der Waals surface area (Å²) in [6.45, 7) is 8.08. The van der Waals surface area contributed by atoms with Crippen LogP contribution in [0.2, 0.25) is 0 Å². The van der Waals surface area contributed by atoms with Gasteiger partial charge in [-0.25, -0.2) is 0 Å². The summed E-state index contributed by atoms with van der Waals surface area (Å²) in [5.41, 5.74) is 1.90. The number of amides is 1. The summed E-state index contributed by atoms with van der Waals surface area (Å²) >= 11 is 0. The second-order valence-corrected chi connectivity index (χ2v) is 5.89. The molecular formula is C16H24N2O. The Kier molecular flexibility index (Phi) is 3.95. The molecule has 1 aromatic carbocycles. The van der Waals surface area contributed by atoms with E-state index in [1.165, 1.54) is 0 Å². The number of aryl methyl sites for hydroxylation is 1. The van der Waals surface area contributed by atoms with Crippen molar-refractivity contribution in [2.24, 2.45) is 11.3 Å². The number of rotatable bonds is 3. The Morgan fingerprint density at radius 3 is 2.58 bits per heavy atom. The molecule has 0 aromatic heterocycles. The predicted octanol–water partition coefficient (Wildman–Crippen LogP) is 2.59. The molecule has 1 saturated heterocycles. The lowest BCUT2D eigenvalue weighted by Gasteiger charge is -2.35. The van der Waals surface area contributed by atoms with Crippen LogP contribution in [0.15, 0.2) is 24.3 Å². The summed E-state index contributed by atoms with van der Waals surface area (Å²) in [4.78, 5) is 14.8. The van der Waals surface area contributed by atoms with Crippen molar-refractivity contribution < 1.29 is 4.79 Å². The van der Waals surface area contributed by atoms with E-state index >= 15 is 0 Å². The number of nitrogens with one attached hydrogen (secondary N) is 1. The van der Waals surface area contributed by atoms with E-state index < -0.39 is 0 Å². The number of hydrogen-bond donors (Lipinski definition) is 1. The standard InChI is InChI=1S/C16H24N2O/c1-12(2)16(9-10-17-11-16)15(19)18(4)14-8-6-5-7-13(14)3/h5-8,12,17H,9-11H2,1-4H3. The van der Waals surface area contributed by atoms with Gasteiger partial charge < -0.3 is 10.2 Å². The lowest BCUT2D eigenvalue weighted by atomic mass is 9.75. The third kappa shape index (κ3) is 2.39. The molecule has 1 heterocycles. The Morgan fingerprint density at radius 1 is 1.37 bits per heavy atom. The van der Waals surface area contributed by atoms with Gasteiger partial charge in [-0.3, -0.25) is 4.79 Å². The zero-order valence-electron chi connectivity index (χ0n) is 12.4. The van der Waals surface area contributed by atoms with Gasteiger partial charge in [0.25, 0.3) is 0 Å². The highest BCUT2D eigenvalue weighted by atomic mass is 16.2. The van der Waals surface area contributed by atoms with Crippen LogP contribution in [-0.2, 0) is 4.79 Å². The highest BCUT2D eigenvalue weighted by Gasteiger charge is 2.45. The third-order valence-corrected chi connectivity index (χ3v) is 4.50. The maximum Gasteiger partial charge on any atom is 0.234 e. The van der Waals surface area contributed by atoms with Crippen LogP contribution in [0.1, 0.15) is 25.8 Å². The van der Waals surface area contributed by atoms with Crippen molar-refractivity contribution in [1.29, 1.82) is 0 Å². The minimum Gasteiger partial charge on any atom is -0.316 e. The topological polar surface area (TPSA) is 32.3 Å². The van der Waals surface area contributed by atoms with E-state index in [1.54, 1.807) is 0 Å². The number of carbonyl (C=O) groups is 1. The maximum absolute atomic E-state index is 12.9. The van der Waals surface area contributed by atoms with E-state index in [4.69, 9.17) is 0 Å². The first-order valence-electron chi connectivity index (χ1n) is 7.03. The predicted molar refractivity (Wildman–Crippen MR) is 79.3 cm³/mol. The van der Waals surface area contributed by atoms with Gasteiger partial charge >= 0.3 is 0 Å². The van der Waals surface area contributed by atoms with Gasteiger partial charge in [0.2, 0.25) is 5.91 Å². The maximum atomic E-state index is 12.9. The van der Waals surface area contributed by atoms with Crippen molar-refractivity contribution >= 4 is 11.6 Å². The zero-order chi connectivity index (χ0) is 14.0. The van der Waals surface area contributed by atoms with Crippen molar-refractivity contribution in [3.8, 4) is 0 Å². The Bertz CT molecular complexity index is 462. The molecule has 2 rings (SSSR count). The van der Waals surface area contributed by atoms with Gasteiger partial charge in [-0.05, 0) is 37.4 Å². The fourth-order valence-corrected chi connectivity index (χ4v) is 3.02. The number of carbonyl (C=O) groups excluding carboxylic acids is 1. The molecule has 1 N–H and O–H groups in total. The normalized spacial score (nSPS) is 22.8. The minimum atomic E-state index is -0.253. The molecule has 3 nitrogen and oxygen atoms in total. The molecular weight excluding hydrogens is 236 g/mol. The fraction of sp³-hybridized carbons (Fsp3) is 0.562. The lowest BCUT2D eigenvalue weighted by molar-refractivity contribution is -0.129. The van der Waals surface area contributed by atoms with Gasteiger partial charge in [-0.15, -0.1) is 0 Å². The molecule has 0 spiro atoms. The molecule has 1 unspecified atom stereocenters. The molecule has 0 aliphatic carbocycles. The first-order chi connectivity index (χ1) is 8.99. The number of nitrogens with zero attached hydrogens (tertiary/aromatic N) is 1. The van der Waals surface area contributed by atoms with Crippen molar-refractivity contribution in [2.45, 2.75) is 27.2 Å². The number of para-hydroxylation sites is 1. The molecule has 19 heavy (non-hydrogen) atoms. The van der Waals surface area contributed by atoms with Gasteiger partial charge in [0, 0.05) is 19.3 Å². The summed E-state index contributed by atoms with van der Waals surface area (Å²) in [5.74, 6) is 0.586. The van der Waals surface area contributed by atoms with Crippen LogP contribution < -0.4 is 10.2 Å². The van der Waals surface area contributed by atoms with Crippen molar-refractivity contribution in [3.05, 3.63) is 29.8 Å². The smallest absolute Gasteiger partial charge is 0.234 e. The summed E-state index contributed by atoms with van der Waals surface area (Å²) in [6, 6.07) is 8.06. The largest absolute Gasteiger partial charge is 0.316 e. The van der Waals surface area contributed by atoms with Crippen molar-refractivity contribution in [3.63, 3.8) is 0 Å². The van der Waals surface area contributed by atoms with Crippen LogP contribution >= 0.6 is 0 Å². The molecule has 1 aliphatic rings. The second kappa shape index (κ2) is 5.33. The monoisotopic (exact) mass is 260 g/mol. The highest BCUT2D eigenvalue weighted by molar-refractivity contribution is 5.98. The Labute approximate surface area is 116 Å². The minimum absolute atomic E-state index is 0.238. The molecule has 0 saturated carbocycles. The van der Waals surface area contributed by atoms with E-state index in [2.05, 4.69) is 19.2 Å². The van der Waals surface area contributed by atoms with Crippen LogP contribution in [0.25, 0.3) is 0 Å². The van der Waals surface area contributed by atoms with E-state index in [1.807, 2.05) is 43.1 Å². The molecule has 3 heteroatoms. The average Bonchev–Trinajstić information content (AvgIpc) is 2.88. The van der Waals surface area contributed by atoms with Crippen molar-refractivity contribution in [2.75, 3.05) is 25.0 Å². The van der Waals surface area contributed by atoms with Crippen LogP contribution in [0.5, 0.6) is 0 Å². The molecule has 1 atom stereocenters. The van der Waals surface area contributed by atoms with Crippen LogP contribution in [0.4, 0.5) is 5.69 Å². The molecule has 0 bridgehead atoms. The Morgan fingerprint density at radius 2 is 2.05 bits per heavy atom. The summed E-state index contributed by atoms with van der Waals surface area (Å²) in [7, 11) is 1.90. The van der Waals surface area contributed by atoms with Crippen LogP contribution in [-0.4, -0.2) is 26.0 Å². The first-order valence-corrected chi connectivity index (χ1v) is 7.03. The Balaban J connectivity index is 2.30. The summed E-state index contributed by atoms with van der Waals surface area (Å²) in [5, 5.41) is 3.35. The molecule has 1 fully saturated rings. The van der Waals surface area contributed by atoms with E-state index in [9.17, 15) is 4.79 Å². The fourth-order valence-electron chi connectivity index (χ4n) is 3.02. The average molecular weight is 260 g/mol. The van der Waals surface area contributed by atoms with Crippen LogP contribution in [0.3, 0.4) is 0 Å². The second-order valence-electron chi connectivity index (χ2n) is 5.89. The summed E-state index contributed by atoms with van der Waals surface area (Å²) in [6.07, 6.45) is 0.930.